The van der Waals surface area contributed by atoms with E-state index in [2.05, 4.69) is 5.32 Å². The molecule has 10 nitrogen and oxygen atoms in total. The maximum Gasteiger partial charge on any atom is 0.341 e. The van der Waals surface area contributed by atoms with Crippen molar-refractivity contribution in [2.24, 2.45) is 5.73 Å². The van der Waals surface area contributed by atoms with Gasteiger partial charge in [-0.2, -0.15) is 0 Å². The van der Waals surface area contributed by atoms with Gasteiger partial charge in [0, 0.05) is 17.8 Å². The topological polar surface area (TPSA) is 168 Å². The normalized spacial score (nSPS) is 10.1. The number of esters is 1. The lowest BCUT2D eigenvalue weighted by atomic mass is 10.1. The van der Waals surface area contributed by atoms with Crippen LogP contribution < -0.4 is 16.8 Å². The van der Waals surface area contributed by atoms with Crippen LogP contribution in [0.15, 0.2) is 29.6 Å². The number of ether oxygens (including phenoxy) is 1. The lowest BCUT2D eigenvalue weighted by Gasteiger charge is -2.07. The number of nitrogen functional groups attached to an aromatic ring is 1. The fourth-order valence-corrected chi connectivity index (χ4v) is 2.61. The van der Waals surface area contributed by atoms with Gasteiger partial charge in [0.2, 0.25) is 0 Å². The Bertz CT molecular complexity index is 863. The summed E-state index contributed by atoms with van der Waals surface area (Å²) in [6.45, 7) is -0.670. The summed E-state index contributed by atoms with van der Waals surface area (Å²) in [7, 11) is 0. The van der Waals surface area contributed by atoms with Gasteiger partial charge in [-0.15, -0.1) is 11.3 Å². The van der Waals surface area contributed by atoms with Crippen LogP contribution in [-0.2, 0) is 9.53 Å². The largest absolute Gasteiger partial charge is 0.452 e. The number of nitrogens with zero attached hydrogens (tertiary/aromatic N) is 1. The van der Waals surface area contributed by atoms with Crippen molar-refractivity contribution in [2.45, 2.75) is 0 Å². The Morgan fingerprint density at radius 1 is 1.24 bits per heavy atom. The fourth-order valence-electron chi connectivity index (χ4n) is 1.81. The number of rotatable bonds is 6. The second-order valence-electron chi connectivity index (χ2n) is 4.68. The number of non-ortho nitro benzene ring substituents is 1. The van der Waals surface area contributed by atoms with Gasteiger partial charge in [0.25, 0.3) is 17.5 Å². The first kappa shape index (κ1) is 17.9. The van der Waals surface area contributed by atoms with Crippen LogP contribution >= 0.6 is 11.3 Å². The number of nitrogens with one attached hydrogen (secondary N) is 1. The molecule has 130 valence electrons. The van der Waals surface area contributed by atoms with Crippen molar-refractivity contribution >= 4 is 45.5 Å². The van der Waals surface area contributed by atoms with Crippen molar-refractivity contribution in [3.8, 4) is 0 Å². The van der Waals surface area contributed by atoms with Crippen LogP contribution in [-0.4, -0.2) is 29.3 Å². The number of nitro groups is 1. The van der Waals surface area contributed by atoms with E-state index >= 15 is 0 Å². The second kappa shape index (κ2) is 7.40. The quantitative estimate of drug-likeness (QED) is 0.299. The maximum atomic E-state index is 11.9. The molecular weight excluding hydrogens is 352 g/mol. The molecule has 0 radical (unpaired) electrons. The molecule has 1 heterocycles. The van der Waals surface area contributed by atoms with Crippen molar-refractivity contribution in [1.29, 1.82) is 0 Å². The minimum absolute atomic E-state index is 0.0229. The third-order valence-electron chi connectivity index (χ3n) is 2.99. The number of nitrogens with two attached hydrogens (primary N) is 2. The first-order valence-electron chi connectivity index (χ1n) is 6.67. The zero-order valence-corrected chi connectivity index (χ0v) is 13.4. The number of carbonyl (C=O) groups excluding carboxylic acids is 3. The Kier molecular flexibility index (Phi) is 5.29. The van der Waals surface area contributed by atoms with E-state index in [0.717, 1.165) is 23.5 Å². The molecule has 0 spiro atoms. The third-order valence-corrected chi connectivity index (χ3v) is 3.82. The second-order valence-corrected chi connectivity index (χ2v) is 5.60. The average molecular weight is 364 g/mol. The average Bonchev–Trinajstić information content (AvgIpc) is 3.01. The Morgan fingerprint density at radius 3 is 2.60 bits per heavy atom. The van der Waals surface area contributed by atoms with Gasteiger partial charge in [-0.3, -0.25) is 19.7 Å². The summed E-state index contributed by atoms with van der Waals surface area (Å²) in [5, 5.41) is 14.9. The van der Waals surface area contributed by atoms with Gasteiger partial charge in [-0.1, -0.05) is 0 Å². The predicted molar refractivity (Wildman–Crippen MR) is 89.3 cm³/mol. The lowest BCUT2D eigenvalue weighted by molar-refractivity contribution is -0.384. The molecule has 11 heteroatoms. The van der Waals surface area contributed by atoms with E-state index in [-0.39, 0.29) is 27.5 Å². The molecule has 25 heavy (non-hydrogen) atoms. The number of carbonyl (C=O) groups is 3. The molecule has 0 atom stereocenters. The lowest BCUT2D eigenvalue weighted by Crippen LogP contribution is -2.22. The molecule has 0 aliphatic heterocycles. The molecule has 0 fully saturated rings. The van der Waals surface area contributed by atoms with E-state index in [4.69, 9.17) is 16.2 Å². The Hall–Kier alpha value is -3.47. The van der Waals surface area contributed by atoms with Gasteiger partial charge in [-0.05, 0) is 17.5 Å². The van der Waals surface area contributed by atoms with Gasteiger partial charge >= 0.3 is 5.97 Å². The molecule has 2 aromatic rings. The molecule has 0 bridgehead atoms. The first-order valence-corrected chi connectivity index (χ1v) is 7.55. The monoisotopic (exact) mass is 364 g/mol. The zero-order chi connectivity index (χ0) is 18.6. The van der Waals surface area contributed by atoms with Crippen LogP contribution in [0.1, 0.15) is 20.7 Å². The Balaban J connectivity index is 2.01. The maximum absolute atomic E-state index is 11.9. The summed E-state index contributed by atoms with van der Waals surface area (Å²) >= 11 is 1.08. The first-order chi connectivity index (χ1) is 11.8. The summed E-state index contributed by atoms with van der Waals surface area (Å²) < 4.78 is 4.79. The van der Waals surface area contributed by atoms with Crippen molar-refractivity contribution < 1.29 is 24.0 Å². The number of benzene rings is 1. The fraction of sp³-hybridized carbons (Fsp3) is 0.0714. The van der Waals surface area contributed by atoms with E-state index in [1.165, 1.54) is 12.1 Å². The number of primary amides is 1. The van der Waals surface area contributed by atoms with Crippen molar-refractivity contribution in [3.05, 3.63) is 50.9 Å². The molecular formula is C14H12N4O6S. The summed E-state index contributed by atoms with van der Waals surface area (Å²) in [5.41, 5.74) is 10.3. The van der Waals surface area contributed by atoms with Crippen LogP contribution in [0.5, 0.6) is 0 Å². The summed E-state index contributed by atoms with van der Waals surface area (Å²) in [6, 6.07) is 4.74. The van der Waals surface area contributed by atoms with E-state index in [1.54, 1.807) is 5.38 Å². The molecule has 0 aliphatic carbocycles. The summed E-state index contributed by atoms with van der Waals surface area (Å²) in [5.74, 6) is -2.40. The molecule has 5 N–H and O–H groups in total. The highest BCUT2D eigenvalue weighted by molar-refractivity contribution is 7.14. The minimum atomic E-state index is -0.988. The predicted octanol–water partition coefficient (Wildman–Crippen LogP) is 1.13. The smallest absolute Gasteiger partial charge is 0.341 e. The number of anilines is 2. The van der Waals surface area contributed by atoms with Crippen LogP contribution in [0.25, 0.3) is 0 Å². The van der Waals surface area contributed by atoms with Crippen LogP contribution in [0.3, 0.4) is 0 Å². The number of hydrogen-bond donors (Lipinski definition) is 3. The SMILES string of the molecule is NC(=O)c1ccsc1NC(=O)COC(=O)c1cc([N+](=O)[O-])ccc1N. The molecule has 1 aromatic heterocycles. The molecule has 0 unspecified atom stereocenters. The van der Waals surface area contributed by atoms with Crippen molar-refractivity contribution in [2.75, 3.05) is 17.7 Å². The third kappa shape index (κ3) is 4.29. The minimum Gasteiger partial charge on any atom is -0.452 e. The molecule has 0 saturated heterocycles. The zero-order valence-electron chi connectivity index (χ0n) is 12.6. The van der Waals surface area contributed by atoms with E-state index in [9.17, 15) is 24.5 Å². The van der Waals surface area contributed by atoms with E-state index < -0.39 is 29.3 Å². The number of nitro benzene ring substituents is 1. The van der Waals surface area contributed by atoms with Gasteiger partial charge in [0.15, 0.2) is 6.61 Å². The molecule has 1 aromatic carbocycles. The van der Waals surface area contributed by atoms with Crippen molar-refractivity contribution in [1.82, 2.24) is 0 Å². The summed E-state index contributed by atoms with van der Waals surface area (Å²) in [6.07, 6.45) is 0. The van der Waals surface area contributed by atoms with Gasteiger partial charge in [-0.25, -0.2) is 4.79 Å². The summed E-state index contributed by atoms with van der Waals surface area (Å²) in [4.78, 5) is 45.0. The van der Waals surface area contributed by atoms with Gasteiger partial charge < -0.3 is 21.5 Å². The molecule has 0 saturated carbocycles. The van der Waals surface area contributed by atoms with Crippen LogP contribution in [0.4, 0.5) is 16.4 Å². The van der Waals surface area contributed by atoms with E-state index in [0.29, 0.717) is 0 Å². The molecule has 2 amide bonds. The number of thiophene rings is 1. The Morgan fingerprint density at radius 2 is 1.96 bits per heavy atom. The van der Waals surface area contributed by atoms with Crippen LogP contribution in [0, 0.1) is 10.1 Å². The molecule has 0 aliphatic rings. The van der Waals surface area contributed by atoms with E-state index in [1.807, 2.05) is 0 Å². The van der Waals surface area contributed by atoms with Crippen molar-refractivity contribution in [3.63, 3.8) is 0 Å². The number of hydrogen-bond acceptors (Lipinski definition) is 8. The highest BCUT2D eigenvalue weighted by Crippen LogP contribution is 2.23. The van der Waals surface area contributed by atoms with Gasteiger partial charge in [0.1, 0.15) is 5.00 Å². The van der Waals surface area contributed by atoms with Crippen LogP contribution in [0.2, 0.25) is 0 Å². The highest BCUT2D eigenvalue weighted by atomic mass is 32.1. The molecule has 2 rings (SSSR count). The standard InChI is InChI=1S/C14H12N4O6S/c15-10-2-1-7(18(22)23)5-9(10)14(21)24-6-11(19)17-13-8(12(16)20)3-4-25-13/h1-5H,6,15H2,(H2,16,20)(H,17,19). The highest BCUT2D eigenvalue weighted by Gasteiger charge is 2.18. The Labute approximate surface area is 144 Å². The van der Waals surface area contributed by atoms with Gasteiger partial charge in [0.05, 0.1) is 16.1 Å². The number of amides is 2.